The second-order valence-electron chi connectivity index (χ2n) is 10.7. The van der Waals surface area contributed by atoms with Gasteiger partial charge in [0.05, 0.1) is 11.7 Å². The Morgan fingerprint density at radius 2 is 2.03 bits per heavy atom. The van der Waals surface area contributed by atoms with E-state index in [-0.39, 0.29) is 17.6 Å². The van der Waals surface area contributed by atoms with Gasteiger partial charge in [0.2, 0.25) is 0 Å². The fourth-order valence-corrected chi connectivity index (χ4v) is 6.24. The summed E-state index contributed by atoms with van der Waals surface area (Å²) >= 11 is 0. The van der Waals surface area contributed by atoms with Gasteiger partial charge in [0, 0.05) is 6.04 Å². The minimum atomic E-state index is -0.663. The van der Waals surface area contributed by atoms with E-state index in [2.05, 4.69) is 44.7 Å². The summed E-state index contributed by atoms with van der Waals surface area (Å²) in [6.07, 6.45) is 19.4. The van der Waals surface area contributed by atoms with E-state index >= 15 is 0 Å². The maximum absolute atomic E-state index is 10.6. The van der Waals surface area contributed by atoms with Crippen LogP contribution in [-0.4, -0.2) is 28.0 Å². The first-order valence-electron chi connectivity index (χ1n) is 12.8. The third-order valence-electron chi connectivity index (χ3n) is 8.62. The van der Waals surface area contributed by atoms with Crippen LogP contribution in [0.2, 0.25) is 0 Å². The molecular weight excluding hydrogens is 394 g/mol. The summed E-state index contributed by atoms with van der Waals surface area (Å²) in [5.74, 6) is 1.05. The van der Waals surface area contributed by atoms with Gasteiger partial charge in [0.15, 0.2) is 0 Å². The van der Waals surface area contributed by atoms with Gasteiger partial charge >= 0.3 is 0 Å². The molecule has 32 heavy (non-hydrogen) atoms. The Morgan fingerprint density at radius 3 is 2.72 bits per heavy atom. The molecule has 0 heterocycles. The lowest BCUT2D eigenvalue weighted by atomic mass is 9.62. The number of hydrogen-bond donors (Lipinski definition) is 3. The van der Waals surface area contributed by atoms with Gasteiger partial charge in [0.25, 0.3) is 0 Å². The Labute approximate surface area is 195 Å². The van der Waals surface area contributed by atoms with Crippen molar-refractivity contribution >= 4 is 0 Å². The van der Waals surface area contributed by atoms with Crippen molar-refractivity contribution in [3.05, 3.63) is 59.3 Å². The first-order chi connectivity index (χ1) is 15.1. The van der Waals surface area contributed by atoms with E-state index in [0.29, 0.717) is 24.7 Å². The molecule has 0 aliphatic heterocycles. The van der Waals surface area contributed by atoms with Crippen LogP contribution in [-0.2, 0) is 0 Å². The predicted octanol–water partition coefficient (Wildman–Crippen LogP) is 6.15. The Bertz CT molecular complexity index is 813. The summed E-state index contributed by atoms with van der Waals surface area (Å²) < 4.78 is 0. The molecule has 3 heteroatoms. The zero-order valence-corrected chi connectivity index (χ0v) is 20.7. The van der Waals surface area contributed by atoms with Gasteiger partial charge in [-0.2, -0.15) is 0 Å². The Balaban J connectivity index is 1.73. The zero-order chi connectivity index (χ0) is 23.5. The van der Waals surface area contributed by atoms with Crippen LogP contribution < -0.4 is 5.73 Å². The first kappa shape index (κ1) is 25.2. The van der Waals surface area contributed by atoms with Gasteiger partial charge < -0.3 is 15.9 Å². The summed E-state index contributed by atoms with van der Waals surface area (Å²) in [7, 11) is 0. The van der Waals surface area contributed by atoms with Gasteiger partial charge in [-0.05, 0) is 86.2 Å². The Morgan fingerprint density at radius 1 is 1.31 bits per heavy atom. The standard InChI is InChI=1S/C29H45NO2/c1-6-29(32,7-2)17-8-10-20(3)25-14-15-26-22(11-9-16-28(25,26)5)12-13-23-18-24(31)19-27(30)21(23)4/h8,12-14,17,20,24,26-27,31-32H,4,6-7,9-11,15-16,18-19,30H2,1-3,5H3/b17-8+,22-12-,23-13+. The predicted molar refractivity (Wildman–Crippen MR) is 135 cm³/mol. The van der Waals surface area contributed by atoms with Crippen molar-refractivity contribution in [3.63, 3.8) is 0 Å². The number of aliphatic hydroxyl groups is 2. The molecule has 0 amide bonds. The maximum Gasteiger partial charge on any atom is 0.0822 e. The van der Waals surface area contributed by atoms with Crippen molar-refractivity contribution < 1.29 is 10.2 Å². The monoisotopic (exact) mass is 439 g/mol. The van der Waals surface area contributed by atoms with Crippen LogP contribution in [0.25, 0.3) is 0 Å². The molecule has 178 valence electrons. The van der Waals surface area contributed by atoms with Gasteiger partial charge in [0.1, 0.15) is 0 Å². The molecule has 5 unspecified atom stereocenters. The Kier molecular flexibility index (Phi) is 8.06. The number of fused-ring (bicyclic) bond motifs is 1. The van der Waals surface area contributed by atoms with Crippen LogP contribution in [0.15, 0.2) is 59.3 Å². The average molecular weight is 440 g/mol. The number of rotatable bonds is 7. The summed E-state index contributed by atoms with van der Waals surface area (Å²) in [4.78, 5) is 0. The fraction of sp³-hybridized carbons (Fsp3) is 0.655. The summed E-state index contributed by atoms with van der Waals surface area (Å²) in [6.45, 7) is 13.1. The van der Waals surface area contributed by atoms with E-state index in [1.807, 2.05) is 19.9 Å². The first-order valence-corrected chi connectivity index (χ1v) is 12.8. The molecule has 0 radical (unpaired) electrons. The van der Waals surface area contributed by atoms with Crippen LogP contribution in [0, 0.1) is 17.3 Å². The topological polar surface area (TPSA) is 66.5 Å². The lowest BCUT2D eigenvalue weighted by molar-refractivity contribution is 0.0824. The third-order valence-corrected chi connectivity index (χ3v) is 8.62. The van der Waals surface area contributed by atoms with Crippen LogP contribution in [0.4, 0.5) is 0 Å². The fourth-order valence-electron chi connectivity index (χ4n) is 6.24. The molecule has 3 aliphatic carbocycles. The van der Waals surface area contributed by atoms with Crippen LogP contribution in [0.5, 0.6) is 0 Å². The van der Waals surface area contributed by atoms with E-state index in [9.17, 15) is 10.2 Å². The van der Waals surface area contributed by atoms with Crippen molar-refractivity contribution in [1.82, 2.24) is 0 Å². The zero-order valence-electron chi connectivity index (χ0n) is 20.7. The number of allylic oxidation sites excluding steroid dienone is 6. The van der Waals surface area contributed by atoms with E-state index in [1.165, 1.54) is 18.4 Å². The minimum absolute atomic E-state index is 0.133. The molecule has 2 fully saturated rings. The van der Waals surface area contributed by atoms with Crippen molar-refractivity contribution in [2.24, 2.45) is 23.0 Å². The highest BCUT2D eigenvalue weighted by Gasteiger charge is 2.45. The van der Waals surface area contributed by atoms with Gasteiger partial charge in [-0.15, -0.1) is 0 Å². The second-order valence-corrected chi connectivity index (χ2v) is 10.7. The van der Waals surface area contributed by atoms with Crippen LogP contribution in [0.1, 0.15) is 85.5 Å². The maximum atomic E-state index is 10.6. The molecule has 3 aliphatic rings. The molecule has 0 aromatic heterocycles. The average Bonchev–Trinajstić information content (AvgIpc) is 3.12. The quantitative estimate of drug-likeness (QED) is 0.417. The lowest BCUT2D eigenvalue weighted by Crippen LogP contribution is -2.34. The van der Waals surface area contributed by atoms with Crippen molar-refractivity contribution in [1.29, 1.82) is 0 Å². The van der Waals surface area contributed by atoms with Crippen LogP contribution in [0.3, 0.4) is 0 Å². The molecule has 0 saturated heterocycles. The van der Waals surface area contributed by atoms with Gasteiger partial charge in [-0.1, -0.05) is 75.8 Å². The van der Waals surface area contributed by atoms with Crippen molar-refractivity contribution in [3.8, 4) is 0 Å². The highest BCUT2D eigenvalue weighted by molar-refractivity contribution is 5.40. The van der Waals surface area contributed by atoms with E-state index in [1.54, 1.807) is 5.57 Å². The second kappa shape index (κ2) is 10.2. The molecular formula is C29H45NO2. The lowest BCUT2D eigenvalue weighted by Gasteiger charge is -2.42. The molecule has 0 bridgehead atoms. The normalized spacial score (nSPS) is 34.9. The summed E-state index contributed by atoms with van der Waals surface area (Å²) in [5.41, 5.74) is 10.9. The third kappa shape index (κ3) is 5.21. The molecule has 3 rings (SSSR count). The number of nitrogens with two attached hydrogens (primary N) is 1. The summed E-state index contributed by atoms with van der Waals surface area (Å²) in [5, 5.41) is 20.7. The molecule has 3 nitrogen and oxygen atoms in total. The van der Waals surface area contributed by atoms with Crippen molar-refractivity contribution in [2.45, 2.75) is 103 Å². The Hall–Kier alpha value is -1.42. The summed E-state index contributed by atoms with van der Waals surface area (Å²) in [6, 6.07) is -0.133. The molecule has 4 N–H and O–H groups in total. The SMILES string of the molecule is C=C1/C(=C/C=C2/CCCC3(C)C(C(C)C/C=C/C(O)(CC)CC)=CCC23)CC(O)CC1N. The molecule has 0 aromatic carbocycles. The van der Waals surface area contributed by atoms with Crippen LogP contribution >= 0.6 is 0 Å². The van der Waals surface area contributed by atoms with E-state index in [4.69, 9.17) is 5.73 Å². The van der Waals surface area contributed by atoms with Gasteiger partial charge in [-0.25, -0.2) is 0 Å². The molecule has 0 spiro atoms. The highest BCUT2D eigenvalue weighted by atomic mass is 16.3. The van der Waals surface area contributed by atoms with E-state index < -0.39 is 5.60 Å². The number of hydrogen-bond acceptors (Lipinski definition) is 3. The largest absolute Gasteiger partial charge is 0.393 e. The molecule has 0 aromatic rings. The molecule has 5 atom stereocenters. The van der Waals surface area contributed by atoms with E-state index in [0.717, 1.165) is 43.3 Å². The number of aliphatic hydroxyl groups excluding tert-OH is 1. The molecule has 2 saturated carbocycles. The van der Waals surface area contributed by atoms with Gasteiger partial charge in [-0.3, -0.25) is 0 Å². The smallest absolute Gasteiger partial charge is 0.0822 e. The highest BCUT2D eigenvalue weighted by Crippen LogP contribution is 2.57. The minimum Gasteiger partial charge on any atom is -0.393 e. The van der Waals surface area contributed by atoms with Crippen molar-refractivity contribution in [2.75, 3.05) is 0 Å².